The van der Waals surface area contributed by atoms with Crippen molar-refractivity contribution < 1.29 is 14.8 Å². The summed E-state index contributed by atoms with van der Waals surface area (Å²) in [6.07, 6.45) is 0. The van der Waals surface area contributed by atoms with Gasteiger partial charge in [-0.05, 0) is 35.4 Å². The van der Waals surface area contributed by atoms with Gasteiger partial charge in [-0.2, -0.15) is 0 Å². The molecular weight excluding hydrogens is 318 g/mol. The lowest BCUT2D eigenvalue weighted by Gasteiger charge is -2.14. The molecule has 0 aliphatic rings. The van der Waals surface area contributed by atoms with Crippen molar-refractivity contribution in [1.29, 1.82) is 0 Å². The lowest BCUT2D eigenvalue weighted by molar-refractivity contribution is -0.130. The minimum Gasteiger partial charge on any atom is -0.339 e. The van der Waals surface area contributed by atoms with Gasteiger partial charge in [-0.3, -0.25) is 14.8 Å². The van der Waals surface area contributed by atoms with Crippen molar-refractivity contribution >= 4 is 23.4 Å². The van der Waals surface area contributed by atoms with Crippen molar-refractivity contribution in [3.63, 3.8) is 0 Å². The highest BCUT2D eigenvalue weighted by atomic mass is 35.5. The predicted octanol–water partition coefficient (Wildman–Crippen LogP) is 1.57. The Morgan fingerprint density at radius 1 is 1.04 bits per heavy atom. The van der Waals surface area contributed by atoms with Crippen LogP contribution in [0.4, 0.5) is 0 Å². The monoisotopic (exact) mass is 333 g/mol. The SMILES string of the molecule is NC[C@H](NC(=O)c1ccc(-c2ccc(Cl)cc2)cc1)C(=O)NO. The van der Waals surface area contributed by atoms with E-state index in [9.17, 15) is 9.59 Å². The molecular formula is C16H16ClN3O3. The van der Waals surface area contributed by atoms with Crippen LogP contribution in [0.5, 0.6) is 0 Å². The van der Waals surface area contributed by atoms with Crippen molar-refractivity contribution in [2.24, 2.45) is 5.73 Å². The maximum absolute atomic E-state index is 12.1. The zero-order valence-corrected chi connectivity index (χ0v) is 12.9. The van der Waals surface area contributed by atoms with Gasteiger partial charge in [0.15, 0.2) is 0 Å². The van der Waals surface area contributed by atoms with Gasteiger partial charge < -0.3 is 11.1 Å². The number of rotatable bonds is 5. The van der Waals surface area contributed by atoms with Gasteiger partial charge in [0.2, 0.25) is 0 Å². The average Bonchev–Trinajstić information content (AvgIpc) is 2.59. The van der Waals surface area contributed by atoms with Crippen LogP contribution in [0.3, 0.4) is 0 Å². The maximum atomic E-state index is 12.1. The molecule has 0 saturated carbocycles. The van der Waals surface area contributed by atoms with Crippen LogP contribution in [0, 0.1) is 0 Å². The van der Waals surface area contributed by atoms with Crippen LogP contribution in [-0.2, 0) is 4.79 Å². The fraction of sp³-hybridized carbons (Fsp3) is 0.125. The molecule has 0 radical (unpaired) electrons. The van der Waals surface area contributed by atoms with E-state index in [1.54, 1.807) is 36.4 Å². The lowest BCUT2D eigenvalue weighted by atomic mass is 10.0. The Morgan fingerprint density at radius 2 is 1.57 bits per heavy atom. The van der Waals surface area contributed by atoms with E-state index in [0.29, 0.717) is 10.6 Å². The molecule has 0 bridgehead atoms. The van der Waals surface area contributed by atoms with Crippen LogP contribution in [0.1, 0.15) is 10.4 Å². The number of carbonyl (C=O) groups is 2. The van der Waals surface area contributed by atoms with Crippen molar-refractivity contribution in [2.75, 3.05) is 6.54 Å². The number of hydrogen-bond donors (Lipinski definition) is 4. The number of halogens is 1. The first kappa shape index (κ1) is 17.0. The van der Waals surface area contributed by atoms with Crippen molar-refractivity contribution in [2.45, 2.75) is 6.04 Å². The highest BCUT2D eigenvalue weighted by Crippen LogP contribution is 2.21. The maximum Gasteiger partial charge on any atom is 0.267 e. The first-order valence-electron chi connectivity index (χ1n) is 6.86. The second kappa shape index (κ2) is 7.73. The first-order valence-corrected chi connectivity index (χ1v) is 7.24. The van der Waals surface area contributed by atoms with E-state index in [1.807, 2.05) is 12.1 Å². The molecule has 23 heavy (non-hydrogen) atoms. The number of amides is 2. The molecule has 0 aliphatic heterocycles. The Kier molecular flexibility index (Phi) is 5.70. The second-order valence-corrected chi connectivity index (χ2v) is 5.26. The minimum absolute atomic E-state index is 0.124. The molecule has 7 heteroatoms. The van der Waals surface area contributed by atoms with Gasteiger partial charge in [0.1, 0.15) is 6.04 Å². The van der Waals surface area contributed by atoms with Gasteiger partial charge in [0.05, 0.1) is 0 Å². The Hall–Kier alpha value is -2.41. The quantitative estimate of drug-likeness (QED) is 0.492. The van der Waals surface area contributed by atoms with Gasteiger partial charge in [0, 0.05) is 17.1 Å². The molecule has 0 aromatic heterocycles. The number of nitrogens with two attached hydrogens (primary N) is 1. The third-order valence-corrected chi connectivity index (χ3v) is 3.54. The predicted molar refractivity (Wildman–Crippen MR) is 87.1 cm³/mol. The average molecular weight is 334 g/mol. The molecule has 2 aromatic carbocycles. The number of carbonyl (C=O) groups excluding carboxylic acids is 2. The number of nitrogens with one attached hydrogen (secondary N) is 2. The topological polar surface area (TPSA) is 104 Å². The number of benzene rings is 2. The van der Waals surface area contributed by atoms with E-state index in [0.717, 1.165) is 11.1 Å². The van der Waals surface area contributed by atoms with Crippen LogP contribution in [0.15, 0.2) is 48.5 Å². The van der Waals surface area contributed by atoms with Gasteiger partial charge in [-0.15, -0.1) is 0 Å². The van der Waals surface area contributed by atoms with Gasteiger partial charge in [-0.25, -0.2) is 5.48 Å². The molecule has 2 rings (SSSR count). The molecule has 2 amide bonds. The van der Waals surface area contributed by atoms with E-state index in [1.165, 1.54) is 5.48 Å². The number of hydroxylamine groups is 1. The smallest absolute Gasteiger partial charge is 0.267 e. The van der Waals surface area contributed by atoms with E-state index >= 15 is 0 Å². The molecule has 1 atom stereocenters. The lowest BCUT2D eigenvalue weighted by Crippen LogP contribution is -2.50. The van der Waals surface area contributed by atoms with E-state index < -0.39 is 17.9 Å². The molecule has 2 aromatic rings. The highest BCUT2D eigenvalue weighted by molar-refractivity contribution is 6.30. The molecule has 0 heterocycles. The van der Waals surface area contributed by atoms with Crippen LogP contribution < -0.4 is 16.5 Å². The molecule has 0 unspecified atom stereocenters. The molecule has 6 nitrogen and oxygen atoms in total. The second-order valence-electron chi connectivity index (χ2n) is 4.82. The summed E-state index contributed by atoms with van der Waals surface area (Å²) in [5.41, 5.74) is 9.14. The Morgan fingerprint density at radius 3 is 2.04 bits per heavy atom. The summed E-state index contributed by atoms with van der Waals surface area (Å²) in [4.78, 5) is 23.4. The van der Waals surface area contributed by atoms with Crippen molar-refractivity contribution in [1.82, 2.24) is 10.8 Å². The van der Waals surface area contributed by atoms with Crippen LogP contribution in [0.2, 0.25) is 5.02 Å². The molecule has 0 fully saturated rings. The molecule has 0 saturated heterocycles. The zero-order valence-electron chi connectivity index (χ0n) is 12.1. The molecule has 120 valence electrons. The minimum atomic E-state index is -0.997. The fourth-order valence-corrected chi connectivity index (χ4v) is 2.13. The van der Waals surface area contributed by atoms with Crippen LogP contribution in [0.25, 0.3) is 11.1 Å². The Bertz CT molecular complexity index is 687. The summed E-state index contributed by atoms with van der Waals surface area (Å²) in [5.74, 6) is -1.22. The summed E-state index contributed by atoms with van der Waals surface area (Å²) in [6.45, 7) is -0.124. The van der Waals surface area contributed by atoms with Crippen LogP contribution >= 0.6 is 11.6 Å². The summed E-state index contributed by atoms with van der Waals surface area (Å²) in [6, 6.07) is 13.2. The van der Waals surface area contributed by atoms with Gasteiger partial charge in [0.25, 0.3) is 11.8 Å². The van der Waals surface area contributed by atoms with Crippen molar-refractivity contribution in [3.8, 4) is 11.1 Å². The summed E-state index contributed by atoms with van der Waals surface area (Å²) >= 11 is 5.85. The largest absolute Gasteiger partial charge is 0.339 e. The third-order valence-electron chi connectivity index (χ3n) is 3.29. The van der Waals surface area contributed by atoms with E-state index in [4.69, 9.17) is 22.5 Å². The van der Waals surface area contributed by atoms with Crippen LogP contribution in [-0.4, -0.2) is 29.6 Å². The summed E-state index contributed by atoms with van der Waals surface area (Å²) in [5, 5.41) is 11.7. The molecule has 5 N–H and O–H groups in total. The first-order chi connectivity index (χ1) is 11.0. The highest BCUT2D eigenvalue weighted by Gasteiger charge is 2.19. The normalized spacial score (nSPS) is 11.6. The Labute approximate surface area is 138 Å². The van der Waals surface area contributed by atoms with Crippen molar-refractivity contribution in [3.05, 3.63) is 59.1 Å². The molecule has 0 spiro atoms. The van der Waals surface area contributed by atoms with E-state index in [-0.39, 0.29) is 6.54 Å². The Balaban J connectivity index is 2.11. The fourth-order valence-electron chi connectivity index (χ4n) is 2.01. The zero-order chi connectivity index (χ0) is 16.8. The third kappa shape index (κ3) is 4.29. The van der Waals surface area contributed by atoms with Gasteiger partial charge in [-0.1, -0.05) is 35.9 Å². The summed E-state index contributed by atoms with van der Waals surface area (Å²) in [7, 11) is 0. The number of hydrogen-bond acceptors (Lipinski definition) is 4. The molecule has 0 aliphatic carbocycles. The summed E-state index contributed by atoms with van der Waals surface area (Å²) < 4.78 is 0. The van der Waals surface area contributed by atoms with Gasteiger partial charge >= 0.3 is 0 Å². The standard InChI is InChI=1S/C16H16ClN3O3/c17-13-7-5-11(6-8-13)10-1-3-12(4-2-10)15(21)19-14(9-18)16(22)20-23/h1-8,14,23H,9,18H2,(H,19,21)(H,20,22)/t14-/m0/s1. The van der Waals surface area contributed by atoms with E-state index in [2.05, 4.69) is 5.32 Å².